The van der Waals surface area contributed by atoms with Crippen molar-refractivity contribution in [3.8, 4) is 5.75 Å². The Bertz CT molecular complexity index is 1220. The molecule has 0 radical (unpaired) electrons. The smallest absolute Gasteiger partial charge is 0.187 e. The first-order valence-corrected chi connectivity index (χ1v) is 16.8. The summed E-state index contributed by atoms with van der Waals surface area (Å²) in [6, 6.07) is 2.81. The second kappa shape index (κ2) is 17.6. The van der Waals surface area contributed by atoms with Crippen LogP contribution in [-0.2, 0) is 39.8 Å². The molecule has 1 aromatic rings. The van der Waals surface area contributed by atoms with Gasteiger partial charge in [0.05, 0.1) is 45.1 Å². The topological polar surface area (TPSA) is 346 Å². The minimum Gasteiger partial charge on any atom is -0.497 e. The van der Waals surface area contributed by atoms with E-state index in [1.54, 1.807) is 31.4 Å². The summed E-state index contributed by atoms with van der Waals surface area (Å²) in [6.45, 7) is -1.33. The molecular formula is C31H53N5O15. The van der Waals surface area contributed by atoms with Crippen molar-refractivity contribution in [3.05, 3.63) is 29.8 Å². The van der Waals surface area contributed by atoms with Crippen LogP contribution < -0.4 is 33.4 Å². The van der Waals surface area contributed by atoms with E-state index in [1.807, 2.05) is 0 Å². The minimum atomic E-state index is -1.63. The van der Waals surface area contributed by atoms with Gasteiger partial charge in [-0.25, -0.2) is 0 Å². The summed E-state index contributed by atoms with van der Waals surface area (Å²) in [4.78, 5) is 0. The molecule has 0 amide bonds. The van der Waals surface area contributed by atoms with Crippen LogP contribution >= 0.6 is 0 Å². The van der Waals surface area contributed by atoms with Crippen LogP contribution in [0, 0.1) is 0 Å². The molecule has 3 saturated heterocycles. The number of hydrogen-bond donors (Lipinski definition) is 12. The van der Waals surface area contributed by atoms with Crippen LogP contribution in [0.3, 0.4) is 0 Å². The van der Waals surface area contributed by atoms with Gasteiger partial charge >= 0.3 is 0 Å². The third-order valence-electron chi connectivity index (χ3n) is 9.89. The molecule has 20 heteroatoms. The average molecular weight is 736 g/mol. The van der Waals surface area contributed by atoms with Gasteiger partial charge in [-0.1, -0.05) is 12.1 Å². The molecular weight excluding hydrogens is 682 g/mol. The lowest BCUT2D eigenvalue weighted by molar-refractivity contribution is -0.315. The molecule has 19 atom stereocenters. The molecule has 0 bridgehead atoms. The highest BCUT2D eigenvalue weighted by Crippen LogP contribution is 2.34. The van der Waals surface area contributed by atoms with Crippen LogP contribution in [0.15, 0.2) is 24.3 Å². The first-order valence-electron chi connectivity index (χ1n) is 16.8. The standard InChI is InChI=1S/C31H53N5O15/c1-44-12-4-2-11(3-5-12)10-45-26-16(8-37)47-30(19(36)23(26)42)49-25-14(34)6-13(33)20(39)28(25)51-31-24(43)27(17(9-38)48-31)50-29-18(35)22(41)21(40)15(7-32)46-29/h2-5,13-31,37-43H,6-10,32-36H2,1H3/t13-,14+,15+,16+,17+,18-,19+,20+,21-,22-,23+,24+,25-,26+,27+,28-,29-,30+,31-/m0/s1. The molecule has 0 aromatic heterocycles. The SMILES string of the molecule is COc1ccc(CO[C@H]2[C@H](O)[C@@H](N)[C@@H](O[C@@H]3[C@@H](O[C@@H]4O[C@H](CO)[C@@H](O[C@@H]5O[C@H](CN)[C@H](O)[C@@H](O)[C@@H]5N)[C@H]4O)[C@H](O)[C@@H](N)C[C@H]3N)O[C@@H]2CO)cc1. The highest BCUT2D eigenvalue weighted by molar-refractivity contribution is 5.26. The average Bonchev–Trinajstić information content (AvgIpc) is 3.43. The van der Waals surface area contributed by atoms with Gasteiger partial charge in [0.2, 0.25) is 0 Å². The van der Waals surface area contributed by atoms with Crippen LogP contribution in [0.5, 0.6) is 5.75 Å². The van der Waals surface area contributed by atoms with Gasteiger partial charge in [0.1, 0.15) is 72.9 Å². The molecule has 51 heavy (non-hydrogen) atoms. The van der Waals surface area contributed by atoms with Gasteiger partial charge in [-0.3, -0.25) is 0 Å². The second-order valence-electron chi connectivity index (χ2n) is 13.3. The van der Waals surface area contributed by atoms with Crippen LogP contribution in [0.4, 0.5) is 0 Å². The summed E-state index contributed by atoms with van der Waals surface area (Å²) in [5, 5.41) is 74.4. The number of aliphatic hydroxyl groups is 7. The largest absolute Gasteiger partial charge is 0.497 e. The molecule has 4 aliphatic rings. The van der Waals surface area contributed by atoms with Gasteiger partial charge in [-0.2, -0.15) is 0 Å². The fourth-order valence-electron chi connectivity index (χ4n) is 6.80. The predicted molar refractivity (Wildman–Crippen MR) is 172 cm³/mol. The molecule has 4 fully saturated rings. The van der Waals surface area contributed by atoms with E-state index in [2.05, 4.69) is 0 Å². The number of methoxy groups -OCH3 is 1. The van der Waals surface area contributed by atoms with Crippen LogP contribution in [0.1, 0.15) is 12.0 Å². The van der Waals surface area contributed by atoms with Gasteiger partial charge in [0.25, 0.3) is 0 Å². The quantitative estimate of drug-likeness (QED) is 0.0895. The van der Waals surface area contributed by atoms with Crippen LogP contribution in [0.2, 0.25) is 0 Å². The molecule has 20 nitrogen and oxygen atoms in total. The summed E-state index contributed by atoms with van der Waals surface area (Å²) in [5.74, 6) is 0.654. The van der Waals surface area contributed by atoms with E-state index in [0.717, 1.165) is 5.56 Å². The molecule has 1 aromatic carbocycles. The molecule has 17 N–H and O–H groups in total. The molecule has 0 unspecified atom stereocenters. The van der Waals surface area contributed by atoms with Crippen LogP contribution in [-0.4, -0.2) is 179 Å². The van der Waals surface area contributed by atoms with Crippen molar-refractivity contribution in [2.24, 2.45) is 28.7 Å². The van der Waals surface area contributed by atoms with Crippen molar-refractivity contribution < 1.29 is 73.6 Å². The van der Waals surface area contributed by atoms with Crippen molar-refractivity contribution in [1.29, 1.82) is 0 Å². The lowest BCUT2D eigenvalue weighted by atomic mass is 9.84. The molecule has 5 rings (SSSR count). The summed E-state index contributed by atoms with van der Waals surface area (Å²) in [5.41, 5.74) is 31.4. The van der Waals surface area contributed by atoms with Gasteiger partial charge < -0.3 is 102 Å². The number of rotatable bonds is 13. The van der Waals surface area contributed by atoms with Crippen molar-refractivity contribution >= 4 is 0 Å². The third kappa shape index (κ3) is 8.65. The normalized spacial score (nSPS) is 46.3. The number of ether oxygens (including phenoxy) is 8. The Morgan fingerprint density at radius 3 is 1.78 bits per heavy atom. The van der Waals surface area contributed by atoms with E-state index in [0.29, 0.717) is 5.75 Å². The fourth-order valence-corrected chi connectivity index (χ4v) is 6.80. The number of aliphatic hydroxyl groups excluding tert-OH is 7. The van der Waals surface area contributed by atoms with E-state index in [4.69, 9.17) is 66.6 Å². The van der Waals surface area contributed by atoms with E-state index in [1.165, 1.54) is 0 Å². The predicted octanol–water partition coefficient (Wildman–Crippen LogP) is -6.63. The zero-order chi connectivity index (χ0) is 37.1. The molecule has 3 aliphatic heterocycles. The van der Waals surface area contributed by atoms with E-state index in [9.17, 15) is 35.7 Å². The Hall–Kier alpha value is -1.74. The maximum absolute atomic E-state index is 11.3. The fraction of sp³-hybridized carbons (Fsp3) is 0.806. The Kier molecular flexibility index (Phi) is 14.0. The van der Waals surface area contributed by atoms with Gasteiger partial charge in [-0.15, -0.1) is 0 Å². The summed E-state index contributed by atoms with van der Waals surface area (Å²) in [7, 11) is 1.55. The first kappa shape index (κ1) is 40.4. The maximum atomic E-state index is 11.3. The molecule has 1 saturated carbocycles. The zero-order valence-electron chi connectivity index (χ0n) is 28.1. The number of hydrogen-bond acceptors (Lipinski definition) is 20. The molecule has 3 heterocycles. The highest BCUT2D eigenvalue weighted by atomic mass is 16.8. The Morgan fingerprint density at radius 2 is 1.18 bits per heavy atom. The van der Waals surface area contributed by atoms with Gasteiger partial charge in [0, 0.05) is 18.6 Å². The Balaban J connectivity index is 1.27. The Labute approximate surface area is 294 Å². The monoisotopic (exact) mass is 735 g/mol. The Morgan fingerprint density at radius 1 is 0.627 bits per heavy atom. The molecule has 1 aliphatic carbocycles. The second-order valence-corrected chi connectivity index (χ2v) is 13.3. The summed E-state index contributed by atoms with van der Waals surface area (Å²) in [6.07, 6.45) is -19.8. The first-order chi connectivity index (χ1) is 24.3. The van der Waals surface area contributed by atoms with Gasteiger partial charge in [-0.05, 0) is 24.1 Å². The number of benzene rings is 1. The van der Waals surface area contributed by atoms with E-state index in [-0.39, 0.29) is 19.6 Å². The third-order valence-corrected chi connectivity index (χ3v) is 9.89. The van der Waals surface area contributed by atoms with Crippen molar-refractivity contribution in [2.75, 3.05) is 26.9 Å². The minimum absolute atomic E-state index is 0.0650. The summed E-state index contributed by atoms with van der Waals surface area (Å²) < 4.78 is 46.5. The molecule has 292 valence electrons. The van der Waals surface area contributed by atoms with Crippen LogP contribution in [0.25, 0.3) is 0 Å². The van der Waals surface area contributed by atoms with Crippen molar-refractivity contribution in [3.63, 3.8) is 0 Å². The van der Waals surface area contributed by atoms with Crippen molar-refractivity contribution in [2.45, 2.75) is 129 Å². The maximum Gasteiger partial charge on any atom is 0.187 e. The lowest BCUT2D eigenvalue weighted by Gasteiger charge is -2.47. The molecule has 0 spiro atoms. The van der Waals surface area contributed by atoms with Gasteiger partial charge in [0.15, 0.2) is 18.9 Å². The lowest BCUT2D eigenvalue weighted by Crippen LogP contribution is -2.68. The summed E-state index contributed by atoms with van der Waals surface area (Å²) >= 11 is 0. The zero-order valence-corrected chi connectivity index (χ0v) is 28.1. The van der Waals surface area contributed by atoms with Crippen molar-refractivity contribution in [1.82, 2.24) is 0 Å². The highest BCUT2D eigenvalue weighted by Gasteiger charge is 2.54. The van der Waals surface area contributed by atoms with E-state index < -0.39 is 129 Å². The van der Waals surface area contributed by atoms with E-state index >= 15 is 0 Å². The number of nitrogens with two attached hydrogens (primary N) is 5.